The van der Waals surface area contributed by atoms with Crippen LogP contribution >= 0.6 is 11.6 Å². The molecule has 7 heteroatoms. The van der Waals surface area contributed by atoms with Crippen LogP contribution in [0.1, 0.15) is 25.7 Å². The number of nitrogen functional groups attached to an aromatic ring is 1. The lowest BCUT2D eigenvalue weighted by Gasteiger charge is -2.21. The van der Waals surface area contributed by atoms with Gasteiger partial charge < -0.3 is 5.73 Å². The van der Waals surface area contributed by atoms with Crippen molar-refractivity contribution >= 4 is 27.4 Å². The quantitative estimate of drug-likeness (QED) is 0.890. The maximum atomic E-state index is 12.2. The van der Waals surface area contributed by atoms with Crippen LogP contribution in [0.2, 0.25) is 5.02 Å². The molecular formula is C13H18ClN3O2S. The van der Waals surface area contributed by atoms with Gasteiger partial charge in [0.2, 0.25) is 10.0 Å². The average Bonchev–Trinajstić information content (AvgIpc) is 3.02. The average molecular weight is 316 g/mol. The van der Waals surface area contributed by atoms with Gasteiger partial charge >= 0.3 is 0 Å². The highest BCUT2D eigenvalue weighted by Gasteiger charge is 2.39. The number of aromatic nitrogens is 1. The number of sulfonamides is 1. The topological polar surface area (TPSA) is 85.1 Å². The summed E-state index contributed by atoms with van der Waals surface area (Å²) in [6.07, 6.45) is 6.21. The summed E-state index contributed by atoms with van der Waals surface area (Å²) in [4.78, 5) is 3.86. The van der Waals surface area contributed by atoms with E-state index < -0.39 is 10.0 Å². The summed E-state index contributed by atoms with van der Waals surface area (Å²) in [5, 5.41) is 0.160. The molecule has 5 nitrogen and oxygen atoms in total. The Labute approximate surface area is 124 Å². The second kappa shape index (κ2) is 5.16. The molecule has 0 spiro atoms. The van der Waals surface area contributed by atoms with E-state index in [4.69, 9.17) is 17.3 Å². The van der Waals surface area contributed by atoms with E-state index in [2.05, 4.69) is 9.71 Å². The highest BCUT2D eigenvalue weighted by atomic mass is 35.5. The first-order valence-corrected chi connectivity index (χ1v) is 8.72. The SMILES string of the molecule is Nc1ncc(S(=O)(=O)NCC2CC3CCC2C3)cc1Cl. The van der Waals surface area contributed by atoms with Crippen LogP contribution in [0, 0.1) is 17.8 Å². The molecule has 1 aromatic heterocycles. The van der Waals surface area contributed by atoms with Gasteiger partial charge in [-0.3, -0.25) is 0 Å². The Bertz CT molecular complexity index is 620. The zero-order chi connectivity index (χ0) is 14.3. The molecule has 1 heterocycles. The predicted molar refractivity (Wildman–Crippen MR) is 77.8 cm³/mol. The largest absolute Gasteiger partial charge is 0.382 e. The van der Waals surface area contributed by atoms with Crippen molar-refractivity contribution < 1.29 is 8.42 Å². The summed E-state index contributed by atoms with van der Waals surface area (Å²) >= 11 is 5.82. The summed E-state index contributed by atoms with van der Waals surface area (Å²) in [5.74, 6) is 2.11. The van der Waals surface area contributed by atoms with Crippen molar-refractivity contribution in [1.82, 2.24) is 9.71 Å². The lowest BCUT2D eigenvalue weighted by Crippen LogP contribution is -2.31. The van der Waals surface area contributed by atoms with Gasteiger partial charge in [-0.2, -0.15) is 0 Å². The smallest absolute Gasteiger partial charge is 0.242 e. The molecule has 0 radical (unpaired) electrons. The number of nitrogens with two attached hydrogens (primary N) is 1. The summed E-state index contributed by atoms with van der Waals surface area (Å²) in [5.41, 5.74) is 5.49. The fourth-order valence-corrected chi connectivity index (χ4v) is 4.80. The van der Waals surface area contributed by atoms with Crippen molar-refractivity contribution in [1.29, 1.82) is 0 Å². The third kappa shape index (κ3) is 2.64. The molecule has 3 rings (SSSR count). The zero-order valence-corrected chi connectivity index (χ0v) is 12.6. The molecule has 0 saturated heterocycles. The maximum absolute atomic E-state index is 12.2. The number of halogens is 1. The highest BCUT2D eigenvalue weighted by molar-refractivity contribution is 7.89. The van der Waals surface area contributed by atoms with Crippen molar-refractivity contribution in [2.75, 3.05) is 12.3 Å². The number of hydrogen-bond donors (Lipinski definition) is 2. The molecule has 1 aromatic rings. The minimum atomic E-state index is -3.56. The van der Waals surface area contributed by atoms with Crippen LogP contribution in [0.15, 0.2) is 17.2 Å². The summed E-state index contributed by atoms with van der Waals surface area (Å²) < 4.78 is 27.1. The Hall–Kier alpha value is -0.850. The third-order valence-electron chi connectivity index (χ3n) is 4.57. The Morgan fingerprint density at radius 2 is 2.20 bits per heavy atom. The van der Waals surface area contributed by atoms with Gasteiger partial charge in [0.1, 0.15) is 10.7 Å². The Morgan fingerprint density at radius 1 is 1.40 bits per heavy atom. The van der Waals surface area contributed by atoms with E-state index in [1.54, 1.807) is 0 Å². The normalized spacial score (nSPS) is 28.9. The fraction of sp³-hybridized carbons (Fsp3) is 0.615. The molecule has 3 N–H and O–H groups in total. The van der Waals surface area contributed by atoms with Crippen LogP contribution in [-0.2, 0) is 10.0 Å². The first kappa shape index (κ1) is 14.1. The molecule has 3 unspecified atom stereocenters. The lowest BCUT2D eigenvalue weighted by atomic mass is 9.89. The first-order valence-electron chi connectivity index (χ1n) is 6.86. The first-order chi connectivity index (χ1) is 9.45. The number of fused-ring (bicyclic) bond motifs is 2. The molecule has 2 saturated carbocycles. The van der Waals surface area contributed by atoms with E-state index >= 15 is 0 Å². The molecule has 2 fully saturated rings. The van der Waals surface area contributed by atoms with Crippen LogP contribution in [0.4, 0.5) is 5.82 Å². The number of nitrogens with zero attached hydrogens (tertiary/aromatic N) is 1. The third-order valence-corrected chi connectivity index (χ3v) is 6.27. The predicted octanol–water partition coefficient (Wildman–Crippen LogP) is 2.03. The van der Waals surface area contributed by atoms with Crippen molar-refractivity contribution in [2.45, 2.75) is 30.6 Å². The number of pyridine rings is 1. The van der Waals surface area contributed by atoms with Gasteiger partial charge in [0.05, 0.1) is 5.02 Å². The van der Waals surface area contributed by atoms with Crippen LogP contribution in [0.5, 0.6) is 0 Å². The highest BCUT2D eigenvalue weighted by Crippen LogP contribution is 2.48. The standard InChI is InChI=1S/C13H18ClN3O2S/c14-12-5-11(7-16-13(12)15)20(18,19)17-6-10-4-8-1-2-9(10)3-8/h5,7-10,17H,1-4,6H2,(H2,15,16). The maximum Gasteiger partial charge on any atom is 0.242 e. The second-order valence-corrected chi connectivity index (χ2v) is 8.00. The van der Waals surface area contributed by atoms with Gasteiger partial charge in [0.15, 0.2) is 0 Å². The molecule has 0 aliphatic heterocycles. The molecule has 20 heavy (non-hydrogen) atoms. The molecular weight excluding hydrogens is 298 g/mol. The van der Waals surface area contributed by atoms with Crippen LogP contribution in [0.25, 0.3) is 0 Å². The van der Waals surface area contributed by atoms with Gasteiger partial charge in [-0.05, 0) is 43.1 Å². The molecule has 2 bridgehead atoms. The molecule has 110 valence electrons. The minimum absolute atomic E-state index is 0.0693. The number of hydrogen-bond acceptors (Lipinski definition) is 4. The fourth-order valence-electron chi connectivity index (χ4n) is 3.50. The summed E-state index contributed by atoms with van der Waals surface area (Å²) in [6, 6.07) is 1.34. The number of nitrogens with one attached hydrogen (secondary N) is 1. The van der Waals surface area contributed by atoms with Crippen molar-refractivity contribution in [3.63, 3.8) is 0 Å². The number of anilines is 1. The lowest BCUT2D eigenvalue weighted by molar-refractivity contribution is 0.333. The molecule has 2 aliphatic rings. The van der Waals surface area contributed by atoms with Gasteiger partial charge in [-0.1, -0.05) is 18.0 Å². The van der Waals surface area contributed by atoms with E-state index in [9.17, 15) is 8.42 Å². The van der Waals surface area contributed by atoms with E-state index in [0.717, 1.165) is 12.3 Å². The molecule has 0 aromatic carbocycles. The zero-order valence-electron chi connectivity index (χ0n) is 11.0. The molecule has 0 amide bonds. The van der Waals surface area contributed by atoms with Gasteiger partial charge in [0, 0.05) is 12.7 Å². The second-order valence-electron chi connectivity index (χ2n) is 5.82. The van der Waals surface area contributed by atoms with Gasteiger partial charge in [-0.25, -0.2) is 18.1 Å². The van der Waals surface area contributed by atoms with E-state index in [-0.39, 0.29) is 15.7 Å². The van der Waals surface area contributed by atoms with Crippen molar-refractivity contribution in [2.24, 2.45) is 17.8 Å². The van der Waals surface area contributed by atoms with Crippen LogP contribution in [-0.4, -0.2) is 19.9 Å². The van der Waals surface area contributed by atoms with Crippen LogP contribution in [0.3, 0.4) is 0 Å². The van der Waals surface area contributed by atoms with Crippen LogP contribution < -0.4 is 10.5 Å². The van der Waals surface area contributed by atoms with Crippen molar-refractivity contribution in [3.05, 3.63) is 17.3 Å². The summed E-state index contributed by atoms with van der Waals surface area (Å²) in [6.45, 7) is 0.505. The van der Waals surface area contributed by atoms with E-state index in [0.29, 0.717) is 18.4 Å². The van der Waals surface area contributed by atoms with E-state index in [1.165, 1.54) is 31.5 Å². The Morgan fingerprint density at radius 3 is 2.80 bits per heavy atom. The molecule has 3 atom stereocenters. The van der Waals surface area contributed by atoms with Crippen molar-refractivity contribution in [3.8, 4) is 0 Å². The minimum Gasteiger partial charge on any atom is -0.382 e. The van der Waals surface area contributed by atoms with Gasteiger partial charge in [0.25, 0.3) is 0 Å². The monoisotopic (exact) mass is 315 g/mol. The summed E-state index contributed by atoms with van der Waals surface area (Å²) in [7, 11) is -3.56. The van der Waals surface area contributed by atoms with Gasteiger partial charge in [-0.15, -0.1) is 0 Å². The number of rotatable bonds is 4. The molecule has 2 aliphatic carbocycles. The Kier molecular flexibility index (Phi) is 3.64. The Balaban J connectivity index is 1.68. The van der Waals surface area contributed by atoms with E-state index in [1.807, 2.05) is 0 Å².